The van der Waals surface area contributed by atoms with E-state index < -0.39 is 0 Å². The molecule has 0 unspecified atom stereocenters. The van der Waals surface area contributed by atoms with E-state index in [9.17, 15) is 4.79 Å². The number of carbonyl (C=O) groups is 1. The molecule has 0 spiro atoms. The van der Waals surface area contributed by atoms with E-state index in [0.29, 0.717) is 5.70 Å². The molecule has 0 aliphatic heterocycles. The zero-order valence-corrected chi connectivity index (χ0v) is 12.4. The van der Waals surface area contributed by atoms with E-state index in [2.05, 4.69) is 10.3 Å². The lowest BCUT2D eigenvalue weighted by Crippen LogP contribution is -2.07. The average molecular weight is 293 g/mol. The summed E-state index contributed by atoms with van der Waals surface area (Å²) in [5, 5.41) is 8.19. The number of benzene rings is 2. The second-order valence-electron chi connectivity index (χ2n) is 4.85. The minimum atomic E-state index is -0.0773. The van der Waals surface area contributed by atoms with E-state index in [1.807, 2.05) is 48.5 Å². The van der Waals surface area contributed by atoms with Crippen molar-refractivity contribution in [2.75, 3.05) is 7.11 Å². The Hall–Kier alpha value is -2.95. The molecule has 1 aromatic heterocycles. The molecular weight excluding hydrogens is 278 g/mol. The minimum absolute atomic E-state index is 0.0773. The molecule has 3 rings (SSSR count). The van der Waals surface area contributed by atoms with Gasteiger partial charge in [0.2, 0.25) is 0 Å². The highest BCUT2D eigenvalue weighted by atomic mass is 16.5. The molecule has 110 valence electrons. The summed E-state index contributed by atoms with van der Waals surface area (Å²) in [6.45, 7) is 1.52. The number of allylic oxidation sites excluding steroid dienone is 1. The van der Waals surface area contributed by atoms with E-state index in [-0.39, 0.29) is 5.78 Å². The molecule has 5 heteroatoms. The maximum Gasteiger partial charge on any atom is 0.178 e. The molecule has 0 amide bonds. The summed E-state index contributed by atoms with van der Waals surface area (Å²) in [7, 11) is 1.62. The molecule has 0 N–H and O–H groups in total. The maximum absolute atomic E-state index is 12.0. The molecule has 1 heterocycles. The summed E-state index contributed by atoms with van der Waals surface area (Å²) in [5.41, 5.74) is 2.92. The molecule has 0 aliphatic rings. The smallest absolute Gasteiger partial charge is 0.178 e. The van der Waals surface area contributed by atoms with Crippen molar-refractivity contribution in [3.63, 3.8) is 0 Å². The van der Waals surface area contributed by atoms with Crippen LogP contribution in [0.2, 0.25) is 0 Å². The van der Waals surface area contributed by atoms with Gasteiger partial charge in [0.1, 0.15) is 17.0 Å². The quantitative estimate of drug-likeness (QED) is 0.694. The van der Waals surface area contributed by atoms with Gasteiger partial charge in [-0.15, -0.1) is 5.10 Å². The molecule has 0 radical (unpaired) electrons. The third-order valence-electron chi connectivity index (χ3n) is 3.36. The van der Waals surface area contributed by atoms with E-state index in [1.54, 1.807) is 17.9 Å². The van der Waals surface area contributed by atoms with Crippen molar-refractivity contribution in [2.24, 2.45) is 0 Å². The van der Waals surface area contributed by atoms with Crippen LogP contribution in [-0.2, 0) is 4.79 Å². The van der Waals surface area contributed by atoms with Crippen molar-refractivity contribution in [3.05, 3.63) is 54.1 Å². The summed E-state index contributed by atoms with van der Waals surface area (Å²) < 4.78 is 6.71. The van der Waals surface area contributed by atoms with Gasteiger partial charge in [-0.25, -0.2) is 4.68 Å². The van der Waals surface area contributed by atoms with Crippen LogP contribution in [0, 0.1) is 0 Å². The summed E-state index contributed by atoms with van der Waals surface area (Å²) in [5.74, 6) is 0.694. The molecule has 0 aliphatic carbocycles. The van der Waals surface area contributed by atoms with Crippen LogP contribution < -0.4 is 4.74 Å². The van der Waals surface area contributed by atoms with Crippen LogP contribution in [0.4, 0.5) is 0 Å². The second kappa shape index (κ2) is 5.81. The number of ketones is 1. The van der Waals surface area contributed by atoms with Crippen molar-refractivity contribution < 1.29 is 9.53 Å². The summed E-state index contributed by atoms with van der Waals surface area (Å²) in [4.78, 5) is 12.0. The van der Waals surface area contributed by atoms with E-state index in [0.717, 1.165) is 22.3 Å². The topological polar surface area (TPSA) is 57.0 Å². The van der Waals surface area contributed by atoms with Gasteiger partial charge in [0.05, 0.1) is 12.6 Å². The van der Waals surface area contributed by atoms with Crippen molar-refractivity contribution >= 4 is 28.6 Å². The van der Waals surface area contributed by atoms with Gasteiger partial charge in [-0.2, -0.15) is 0 Å². The third kappa shape index (κ3) is 2.61. The fraction of sp³-hybridized carbons (Fsp3) is 0.118. The van der Waals surface area contributed by atoms with Gasteiger partial charge in [0, 0.05) is 6.92 Å². The Morgan fingerprint density at radius 3 is 2.55 bits per heavy atom. The molecule has 0 saturated heterocycles. The summed E-state index contributed by atoms with van der Waals surface area (Å²) in [6.07, 6.45) is 1.79. The monoisotopic (exact) mass is 293 g/mol. The zero-order chi connectivity index (χ0) is 15.5. The number of ether oxygens (including phenoxy) is 1. The largest absolute Gasteiger partial charge is 0.497 e. The SMILES string of the molecule is COc1ccc(/C=C(\C(C)=O)n2nnc3ccccc32)cc1. The Morgan fingerprint density at radius 1 is 1.14 bits per heavy atom. The highest BCUT2D eigenvalue weighted by Gasteiger charge is 2.12. The number of methoxy groups -OCH3 is 1. The Bertz CT molecular complexity index is 848. The number of fused-ring (bicyclic) bond motifs is 1. The van der Waals surface area contributed by atoms with Crippen LogP contribution in [0.15, 0.2) is 48.5 Å². The first-order valence-corrected chi connectivity index (χ1v) is 6.86. The van der Waals surface area contributed by atoms with Gasteiger partial charge in [-0.05, 0) is 35.9 Å². The molecular formula is C17H15N3O2. The van der Waals surface area contributed by atoms with Crippen LogP contribution in [0.1, 0.15) is 12.5 Å². The predicted molar refractivity (Wildman–Crippen MR) is 85.4 cm³/mol. The Labute approximate surface area is 127 Å². The number of rotatable bonds is 4. The lowest BCUT2D eigenvalue weighted by molar-refractivity contribution is -0.112. The molecule has 0 atom stereocenters. The van der Waals surface area contributed by atoms with Gasteiger partial charge in [0.25, 0.3) is 0 Å². The highest BCUT2D eigenvalue weighted by Crippen LogP contribution is 2.19. The number of hydrogen-bond donors (Lipinski definition) is 0. The van der Waals surface area contributed by atoms with Gasteiger partial charge in [0.15, 0.2) is 5.78 Å². The fourth-order valence-electron chi connectivity index (χ4n) is 2.22. The van der Waals surface area contributed by atoms with Crippen molar-refractivity contribution in [2.45, 2.75) is 6.92 Å². The van der Waals surface area contributed by atoms with Gasteiger partial charge in [-0.3, -0.25) is 4.79 Å². The predicted octanol–water partition coefficient (Wildman–Crippen LogP) is 3.03. The Morgan fingerprint density at radius 2 is 1.86 bits per heavy atom. The van der Waals surface area contributed by atoms with Crippen LogP contribution in [-0.4, -0.2) is 27.9 Å². The van der Waals surface area contributed by atoms with E-state index in [1.165, 1.54) is 6.92 Å². The van der Waals surface area contributed by atoms with Crippen molar-refractivity contribution in [1.82, 2.24) is 15.0 Å². The number of para-hydroxylation sites is 1. The van der Waals surface area contributed by atoms with Gasteiger partial charge in [-0.1, -0.05) is 29.5 Å². The number of Topliss-reactive ketones (excluding diaryl/α,β-unsaturated/α-hetero) is 1. The van der Waals surface area contributed by atoms with Crippen molar-refractivity contribution in [3.8, 4) is 5.75 Å². The van der Waals surface area contributed by atoms with Gasteiger partial charge >= 0.3 is 0 Å². The van der Waals surface area contributed by atoms with Crippen LogP contribution in [0.5, 0.6) is 5.75 Å². The molecule has 5 nitrogen and oxygen atoms in total. The van der Waals surface area contributed by atoms with Crippen LogP contribution >= 0.6 is 0 Å². The van der Waals surface area contributed by atoms with Crippen LogP contribution in [0.3, 0.4) is 0 Å². The number of aromatic nitrogens is 3. The minimum Gasteiger partial charge on any atom is -0.497 e. The van der Waals surface area contributed by atoms with E-state index >= 15 is 0 Å². The molecule has 0 saturated carbocycles. The first-order chi connectivity index (χ1) is 10.7. The first kappa shape index (κ1) is 14.0. The first-order valence-electron chi connectivity index (χ1n) is 6.86. The lowest BCUT2D eigenvalue weighted by atomic mass is 10.1. The Balaban J connectivity index is 2.09. The second-order valence-corrected chi connectivity index (χ2v) is 4.85. The summed E-state index contributed by atoms with van der Waals surface area (Å²) >= 11 is 0. The standard InChI is InChI=1S/C17H15N3O2/c1-12(21)17(11-13-7-9-14(22-2)10-8-13)20-16-6-4-3-5-15(16)18-19-20/h3-11H,1-2H3/b17-11+. The molecule has 0 bridgehead atoms. The number of nitrogens with zero attached hydrogens (tertiary/aromatic N) is 3. The zero-order valence-electron chi connectivity index (χ0n) is 12.4. The highest BCUT2D eigenvalue weighted by molar-refractivity contribution is 6.19. The maximum atomic E-state index is 12.0. The van der Waals surface area contributed by atoms with Crippen molar-refractivity contribution in [1.29, 1.82) is 0 Å². The third-order valence-corrected chi connectivity index (χ3v) is 3.36. The average Bonchev–Trinajstić information content (AvgIpc) is 2.96. The lowest BCUT2D eigenvalue weighted by Gasteiger charge is -2.05. The number of carbonyl (C=O) groups excluding carboxylic acids is 1. The molecule has 0 fully saturated rings. The van der Waals surface area contributed by atoms with Gasteiger partial charge < -0.3 is 4.74 Å². The Kier molecular flexibility index (Phi) is 3.70. The molecule has 3 aromatic rings. The van der Waals surface area contributed by atoms with Crippen LogP contribution in [0.25, 0.3) is 22.8 Å². The molecule has 2 aromatic carbocycles. The normalized spacial score (nSPS) is 11.6. The van der Waals surface area contributed by atoms with E-state index in [4.69, 9.17) is 4.74 Å². The summed E-state index contributed by atoms with van der Waals surface area (Å²) in [6, 6.07) is 15.0. The number of hydrogen-bond acceptors (Lipinski definition) is 4. The molecule has 22 heavy (non-hydrogen) atoms. The fourth-order valence-corrected chi connectivity index (χ4v) is 2.22.